The van der Waals surface area contributed by atoms with Crippen molar-refractivity contribution >= 4 is 11.9 Å². The van der Waals surface area contributed by atoms with Crippen LogP contribution in [0.4, 0.5) is 4.39 Å². The van der Waals surface area contributed by atoms with Crippen LogP contribution in [0.1, 0.15) is 31.2 Å². The van der Waals surface area contributed by atoms with E-state index in [4.69, 9.17) is 4.74 Å². The molecule has 2 N–H and O–H groups in total. The highest BCUT2D eigenvalue weighted by Crippen LogP contribution is 2.48. The third kappa shape index (κ3) is 2.95. The first-order valence-electron chi connectivity index (χ1n) is 7.84. The lowest BCUT2D eigenvalue weighted by Crippen LogP contribution is -2.48. The average molecular weight is 321 g/mol. The topological polar surface area (TPSA) is 75.6 Å². The van der Waals surface area contributed by atoms with Gasteiger partial charge in [0.1, 0.15) is 5.82 Å². The highest BCUT2D eigenvalue weighted by atomic mass is 19.1. The monoisotopic (exact) mass is 321 g/mol. The predicted molar refractivity (Wildman–Crippen MR) is 80.4 cm³/mol. The third-order valence-electron chi connectivity index (χ3n) is 5.07. The van der Waals surface area contributed by atoms with Crippen molar-refractivity contribution in [1.29, 1.82) is 0 Å². The van der Waals surface area contributed by atoms with Gasteiger partial charge in [0, 0.05) is 19.8 Å². The Hall–Kier alpha value is -1.95. The lowest BCUT2D eigenvalue weighted by Gasteiger charge is -2.33. The Morgan fingerprint density at radius 3 is 2.26 bits per heavy atom. The van der Waals surface area contributed by atoms with Crippen LogP contribution in [-0.4, -0.2) is 36.7 Å². The molecular formula is C17H20FNO4. The number of carbonyl (C=O) groups is 2. The summed E-state index contributed by atoms with van der Waals surface area (Å²) in [6.45, 7) is 0.893. The van der Waals surface area contributed by atoms with Crippen LogP contribution in [0.3, 0.4) is 0 Å². The van der Waals surface area contributed by atoms with Gasteiger partial charge in [0.15, 0.2) is 0 Å². The van der Waals surface area contributed by atoms with Crippen molar-refractivity contribution in [2.45, 2.75) is 31.1 Å². The van der Waals surface area contributed by atoms with Gasteiger partial charge in [0.2, 0.25) is 5.91 Å². The number of hydrogen-bond acceptors (Lipinski definition) is 3. The second-order valence-corrected chi connectivity index (χ2v) is 6.47. The van der Waals surface area contributed by atoms with E-state index in [9.17, 15) is 19.1 Å². The number of aliphatic carboxylic acids is 1. The fourth-order valence-corrected chi connectivity index (χ4v) is 3.19. The highest BCUT2D eigenvalue weighted by molar-refractivity contribution is 5.91. The van der Waals surface area contributed by atoms with Crippen molar-refractivity contribution in [2.75, 3.05) is 19.8 Å². The van der Waals surface area contributed by atoms with E-state index in [1.54, 1.807) is 12.1 Å². The number of ether oxygens (including phenoxy) is 1. The van der Waals surface area contributed by atoms with Gasteiger partial charge in [-0.2, -0.15) is 0 Å². The molecule has 1 aromatic carbocycles. The molecule has 2 fully saturated rings. The molecular weight excluding hydrogens is 301 g/mol. The van der Waals surface area contributed by atoms with E-state index in [0.717, 1.165) is 5.56 Å². The maximum absolute atomic E-state index is 13.0. The van der Waals surface area contributed by atoms with Gasteiger partial charge in [-0.05, 0) is 43.4 Å². The molecule has 1 amide bonds. The molecule has 1 aliphatic carbocycles. The van der Waals surface area contributed by atoms with Gasteiger partial charge in [-0.1, -0.05) is 12.1 Å². The van der Waals surface area contributed by atoms with E-state index in [2.05, 4.69) is 5.32 Å². The first-order chi connectivity index (χ1) is 11.0. The van der Waals surface area contributed by atoms with E-state index in [-0.39, 0.29) is 18.3 Å². The van der Waals surface area contributed by atoms with E-state index < -0.39 is 16.8 Å². The van der Waals surface area contributed by atoms with Crippen LogP contribution >= 0.6 is 0 Å². The number of carboxylic acids is 1. The predicted octanol–water partition coefficient (Wildman–Crippen LogP) is 1.85. The molecule has 124 valence electrons. The minimum absolute atomic E-state index is 0.105. The molecule has 1 aromatic rings. The van der Waals surface area contributed by atoms with Gasteiger partial charge in [-0.15, -0.1) is 0 Å². The SMILES string of the molecule is O=C(O)C1(CNC(=O)C2(c3ccc(F)cc3)CC2)CCOCC1. The summed E-state index contributed by atoms with van der Waals surface area (Å²) in [5, 5.41) is 12.3. The molecule has 3 rings (SSSR count). The zero-order valence-corrected chi connectivity index (χ0v) is 12.8. The normalized spacial score (nSPS) is 21.4. The molecule has 5 nitrogen and oxygen atoms in total. The van der Waals surface area contributed by atoms with Crippen molar-refractivity contribution in [2.24, 2.45) is 5.41 Å². The van der Waals surface area contributed by atoms with Gasteiger partial charge >= 0.3 is 5.97 Å². The number of carboxylic acid groups (broad SMARTS) is 1. The van der Waals surface area contributed by atoms with Crippen molar-refractivity contribution in [3.05, 3.63) is 35.6 Å². The fraction of sp³-hybridized carbons (Fsp3) is 0.529. The van der Waals surface area contributed by atoms with Gasteiger partial charge < -0.3 is 15.2 Å². The molecule has 0 aromatic heterocycles. The summed E-state index contributed by atoms with van der Waals surface area (Å²) < 4.78 is 18.3. The zero-order chi connectivity index (χ0) is 16.5. The summed E-state index contributed by atoms with van der Waals surface area (Å²) in [6.07, 6.45) is 2.19. The first kappa shape index (κ1) is 15.9. The van der Waals surface area contributed by atoms with Crippen molar-refractivity contribution < 1.29 is 23.8 Å². The number of halogens is 1. The molecule has 0 bridgehead atoms. The third-order valence-corrected chi connectivity index (χ3v) is 5.07. The number of benzene rings is 1. The zero-order valence-electron chi connectivity index (χ0n) is 12.8. The quantitative estimate of drug-likeness (QED) is 0.868. The van der Waals surface area contributed by atoms with E-state index in [0.29, 0.717) is 38.9 Å². The van der Waals surface area contributed by atoms with Crippen molar-refractivity contribution in [1.82, 2.24) is 5.32 Å². The van der Waals surface area contributed by atoms with Crippen LogP contribution in [0.25, 0.3) is 0 Å². The molecule has 2 aliphatic rings. The lowest BCUT2D eigenvalue weighted by atomic mass is 9.80. The van der Waals surface area contributed by atoms with Crippen LogP contribution in [0, 0.1) is 11.2 Å². The number of carbonyl (C=O) groups excluding carboxylic acids is 1. The fourth-order valence-electron chi connectivity index (χ4n) is 3.19. The Bertz CT molecular complexity index is 604. The number of amides is 1. The standard InChI is InChI=1S/C17H20FNO4/c18-13-3-1-12(2-4-13)17(5-6-17)14(20)19-11-16(15(21)22)7-9-23-10-8-16/h1-4H,5-11H2,(H,19,20)(H,21,22). The molecule has 0 spiro atoms. The second kappa shape index (κ2) is 5.92. The van der Waals surface area contributed by atoms with Crippen LogP contribution < -0.4 is 5.32 Å². The van der Waals surface area contributed by atoms with Gasteiger partial charge in [-0.25, -0.2) is 4.39 Å². The summed E-state index contributed by atoms with van der Waals surface area (Å²) in [6, 6.07) is 5.95. The molecule has 1 aliphatic heterocycles. The second-order valence-electron chi connectivity index (χ2n) is 6.47. The van der Waals surface area contributed by atoms with Gasteiger partial charge in [-0.3, -0.25) is 9.59 Å². The molecule has 6 heteroatoms. The van der Waals surface area contributed by atoms with Crippen LogP contribution in [0.15, 0.2) is 24.3 Å². The molecule has 1 heterocycles. The first-order valence-corrected chi connectivity index (χ1v) is 7.84. The Morgan fingerprint density at radius 1 is 1.13 bits per heavy atom. The number of hydrogen-bond donors (Lipinski definition) is 2. The minimum Gasteiger partial charge on any atom is -0.481 e. The summed E-state index contributed by atoms with van der Waals surface area (Å²) in [7, 11) is 0. The molecule has 1 saturated carbocycles. The summed E-state index contributed by atoms with van der Waals surface area (Å²) in [4.78, 5) is 24.2. The molecule has 1 saturated heterocycles. The van der Waals surface area contributed by atoms with E-state index >= 15 is 0 Å². The van der Waals surface area contributed by atoms with Crippen molar-refractivity contribution in [3.8, 4) is 0 Å². The number of nitrogens with one attached hydrogen (secondary N) is 1. The minimum atomic E-state index is -0.952. The summed E-state index contributed by atoms with van der Waals surface area (Å²) in [5.41, 5.74) is -0.793. The Kier molecular flexibility index (Phi) is 4.10. The highest BCUT2D eigenvalue weighted by Gasteiger charge is 2.52. The maximum Gasteiger partial charge on any atom is 0.311 e. The maximum atomic E-state index is 13.0. The van der Waals surface area contributed by atoms with E-state index in [1.807, 2.05) is 0 Å². The Balaban J connectivity index is 1.69. The molecule has 0 atom stereocenters. The number of rotatable bonds is 5. The molecule has 0 unspecified atom stereocenters. The average Bonchev–Trinajstić information content (AvgIpc) is 3.36. The van der Waals surface area contributed by atoms with Crippen LogP contribution in [0.5, 0.6) is 0 Å². The van der Waals surface area contributed by atoms with Crippen molar-refractivity contribution in [3.63, 3.8) is 0 Å². The molecule has 23 heavy (non-hydrogen) atoms. The Labute approximate surface area is 133 Å². The van der Waals surface area contributed by atoms with E-state index in [1.165, 1.54) is 12.1 Å². The lowest BCUT2D eigenvalue weighted by molar-refractivity contribution is -0.154. The van der Waals surface area contributed by atoms with Crippen LogP contribution in [0.2, 0.25) is 0 Å². The summed E-state index contributed by atoms with van der Waals surface area (Å²) in [5.74, 6) is -1.40. The Morgan fingerprint density at radius 2 is 1.74 bits per heavy atom. The van der Waals surface area contributed by atoms with Gasteiger partial charge in [0.05, 0.1) is 10.8 Å². The largest absolute Gasteiger partial charge is 0.481 e. The molecule has 0 radical (unpaired) electrons. The van der Waals surface area contributed by atoms with Crippen LogP contribution in [-0.2, 0) is 19.7 Å². The van der Waals surface area contributed by atoms with Gasteiger partial charge in [0.25, 0.3) is 0 Å². The smallest absolute Gasteiger partial charge is 0.311 e. The summed E-state index contributed by atoms with van der Waals surface area (Å²) >= 11 is 0.